The molecule has 1 unspecified atom stereocenters. The topological polar surface area (TPSA) is 0 Å². The van der Waals surface area contributed by atoms with Gasteiger partial charge in [-0.3, -0.25) is 0 Å². The number of rotatable bonds is 9. The molecule has 0 spiro atoms. The lowest BCUT2D eigenvalue weighted by Gasteiger charge is -2.20. The summed E-state index contributed by atoms with van der Waals surface area (Å²) in [4.78, 5) is 0. The van der Waals surface area contributed by atoms with Crippen LogP contribution in [0.5, 0.6) is 0 Å². The lowest BCUT2D eigenvalue weighted by atomic mass is 9.86. The second-order valence-electron chi connectivity index (χ2n) is 7.25. The molecule has 0 saturated carbocycles. The Balaban J connectivity index is 2.27. The predicted molar refractivity (Wildman–Crippen MR) is 96.3 cm³/mol. The first-order chi connectivity index (χ1) is 9.95. The van der Waals surface area contributed by atoms with Gasteiger partial charge in [0.25, 0.3) is 0 Å². The molecular formula is C20H33Cl. The van der Waals surface area contributed by atoms with Crippen molar-refractivity contribution < 1.29 is 0 Å². The highest BCUT2D eigenvalue weighted by Gasteiger charge is 2.14. The van der Waals surface area contributed by atoms with E-state index < -0.39 is 0 Å². The largest absolute Gasteiger partial charge is 0.118 e. The summed E-state index contributed by atoms with van der Waals surface area (Å²) in [7, 11) is 0. The smallest absolute Gasteiger partial charge is 0.0585 e. The van der Waals surface area contributed by atoms with Gasteiger partial charge in [-0.2, -0.15) is 0 Å². The van der Waals surface area contributed by atoms with E-state index in [1.807, 2.05) is 0 Å². The van der Waals surface area contributed by atoms with E-state index in [-0.39, 0.29) is 10.8 Å². The summed E-state index contributed by atoms with van der Waals surface area (Å²) in [6, 6.07) is 8.88. The summed E-state index contributed by atoms with van der Waals surface area (Å²) in [5, 5.41) is 0.176. The molecule has 0 saturated heterocycles. The summed E-state index contributed by atoms with van der Waals surface area (Å²) in [5.41, 5.74) is 2.88. The first-order valence-electron chi connectivity index (χ1n) is 8.69. The highest BCUT2D eigenvalue weighted by Crippen LogP contribution is 2.29. The maximum atomic E-state index is 6.54. The van der Waals surface area contributed by atoms with Crippen LogP contribution < -0.4 is 0 Å². The van der Waals surface area contributed by atoms with Crippen LogP contribution in [-0.4, -0.2) is 0 Å². The Morgan fingerprint density at radius 2 is 1.38 bits per heavy atom. The van der Waals surface area contributed by atoms with E-state index in [1.165, 1.54) is 56.1 Å². The van der Waals surface area contributed by atoms with Crippen molar-refractivity contribution in [1.29, 1.82) is 0 Å². The third kappa shape index (κ3) is 7.36. The predicted octanol–water partition coefficient (Wildman–Crippen LogP) is 7.40. The fourth-order valence-corrected chi connectivity index (χ4v) is 2.94. The Bertz CT molecular complexity index is 372. The minimum atomic E-state index is 0.176. The minimum absolute atomic E-state index is 0.176. The van der Waals surface area contributed by atoms with E-state index in [0.29, 0.717) is 0 Å². The number of benzene rings is 1. The number of hydrogen-bond donors (Lipinski definition) is 0. The van der Waals surface area contributed by atoms with Crippen LogP contribution in [0.3, 0.4) is 0 Å². The zero-order valence-electron chi connectivity index (χ0n) is 14.4. The standard InChI is InChI=1S/C20H33Cl/c1-5-6-7-8-9-10-11-12-19(21)17-13-15-18(16-14-17)20(2,3)4/h13-16,19H,5-12H2,1-4H3. The van der Waals surface area contributed by atoms with Gasteiger partial charge in [0, 0.05) is 0 Å². The van der Waals surface area contributed by atoms with Gasteiger partial charge in [0.1, 0.15) is 0 Å². The van der Waals surface area contributed by atoms with Gasteiger partial charge in [0.05, 0.1) is 5.38 Å². The van der Waals surface area contributed by atoms with Crippen molar-refractivity contribution in [3.8, 4) is 0 Å². The number of hydrogen-bond acceptors (Lipinski definition) is 0. The molecule has 120 valence electrons. The number of unbranched alkanes of at least 4 members (excludes halogenated alkanes) is 6. The molecule has 0 aliphatic rings. The highest BCUT2D eigenvalue weighted by atomic mass is 35.5. The summed E-state index contributed by atoms with van der Waals surface area (Å²) < 4.78 is 0. The van der Waals surface area contributed by atoms with Crippen molar-refractivity contribution in [1.82, 2.24) is 0 Å². The third-order valence-corrected chi connectivity index (χ3v) is 4.67. The molecule has 1 aromatic carbocycles. The van der Waals surface area contributed by atoms with Gasteiger partial charge in [-0.15, -0.1) is 11.6 Å². The van der Waals surface area contributed by atoms with Gasteiger partial charge in [0.15, 0.2) is 0 Å². The average Bonchev–Trinajstić information content (AvgIpc) is 2.45. The quantitative estimate of drug-likeness (QED) is 0.329. The molecule has 0 aromatic heterocycles. The molecular weight excluding hydrogens is 276 g/mol. The molecule has 0 fully saturated rings. The average molecular weight is 309 g/mol. The zero-order valence-corrected chi connectivity index (χ0v) is 15.2. The van der Waals surface area contributed by atoms with Crippen LogP contribution in [-0.2, 0) is 5.41 Å². The first kappa shape index (κ1) is 18.6. The van der Waals surface area contributed by atoms with E-state index in [0.717, 1.165) is 6.42 Å². The van der Waals surface area contributed by atoms with E-state index in [4.69, 9.17) is 11.6 Å². The highest BCUT2D eigenvalue weighted by molar-refractivity contribution is 6.20. The number of alkyl halides is 1. The van der Waals surface area contributed by atoms with Gasteiger partial charge < -0.3 is 0 Å². The molecule has 1 rings (SSSR count). The van der Waals surface area contributed by atoms with Crippen LogP contribution in [0.25, 0.3) is 0 Å². The maximum absolute atomic E-state index is 6.54. The van der Waals surface area contributed by atoms with Crippen LogP contribution >= 0.6 is 11.6 Å². The summed E-state index contributed by atoms with van der Waals surface area (Å²) >= 11 is 6.54. The molecule has 0 N–H and O–H groups in total. The molecule has 21 heavy (non-hydrogen) atoms. The van der Waals surface area contributed by atoms with Gasteiger partial charge in [0.2, 0.25) is 0 Å². The molecule has 0 aliphatic carbocycles. The molecule has 1 heteroatoms. The van der Waals surface area contributed by atoms with Crippen molar-refractivity contribution in [2.24, 2.45) is 0 Å². The third-order valence-electron chi connectivity index (χ3n) is 4.20. The monoisotopic (exact) mass is 308 g/mol. The van der Waals surface area contributed by atoms with Gasteiger partial charge in [-0.1, -0.05) is 96.9 Å². The lowest BCUT2D eigenvalue weighted by Crippen LogP contribution is -2.10. The minimum Gasteiger partial charge on any atom is -0.118 e. The van der Waals surface area contributed by atoms with Crippen molar-refractivity contribution in [3.63, 3.8) is 0 Å². The van der Waals surface area contributed by atoms with Crippen LogP contribution in [0.1, 0.15) is 95.6 Å². The van der Waals surface area contributed by atoms with Gasteiger partial charge >= 0.3 is 0 Å². The normalized spacial score (nSPS) is 13.4. The Morgan fingerprint density at radius 3 is 1.90 bits per heavy atom. The Kier molecular flexibility index (Phi) is 8.41. The molecule has 0 aliphatic heterocycles. The Morgan fingerprint density at radius 1 is 0.857 bits per heavy atom. The molecule has 1 atom stereocenters. The van der Waals surface area contributed by atoms with Gasteiger partial charge in [-0.05, 0) is 23.0 Å². The Labute approximate surface area is 137 Å². The molecule has 0 radical (unpaired) electrons. The van der Waals surface area contributed by atoms with Crippen LogP contribution in [0.15, 0.2) is 24.3 Å². The fourth-order valence-electron chi connectivity index (χ4n) is 2.64. The number of halogens is 1. The van der Waals surface area contributed by atoms with E-state index in [9.17, 15) is 0 Å². The summed E-state index contributed by atoms with van der Waals surface area (Å²) in [5.74, 6) is 0. The van der Waals surface area contributed by atoms with Crippen molar-refractivity contribution in [2.75, 3.05) is 0 Å². The second-order valence-corrected chi connectivity index (χ2v) is 7.78. The molecule has 1 aromatic rings. The lowest BCUT2D eigenvalue weighted by molar-refractivity contribution is 0.571. The van der Waals surface area contributed by atoms with Crippen LogP contribution in [0.4, 0.5) is 0 Å². The molecule has 0 bridgehead atoms. The maximum Gasteiger partial charge on any atom is 0.0585 e. The van der Waals surface area contributed by atoms with Crippen molar-refractivity contribution >= 4 is 11.6 Å². The van der Waals surface area contributed by atoms with E-state index in [1.54, 1.807) is 0 Å². The van der Waals surface area contributed by atoms with E-state index in [2.05, 4.69) is 52.0 Å². The molecule has 0 nitrogen and oxygen atoms in total. The second kappa shape index (κ2) is 9.51. The van der Waals surface area contributed by atoms with Crippen LogP contribution in [0, 0.1) is 0 Å². The van der Waals surface area contributed by atoms with Crippen molar-refractivity contribution in [3.05, 3.63) is 35.4 Å². The molecule has 0 heterocycles. The SMILES string of the molecule is CCCCCCCCCC(Cl)c1ccc(C(C)(C)C)cc1. The van der Waals surface area contributed by atoms with E-state index >= 15 is 0 Å². The fraction of sp³-hybridized carbons (Fsp3) is 0.700. The van der Waals surface area contributed by atoms with Gasteiger partial charge in [-0.25, -0.2) is 0 Å². The first-order valence-corrected chi connectivity index (χ1v) is 9.13. The summed E-state index contributed by atoms with van der Waals surface area (Å²) in [6.07, 6.45) is 10.5. The zero-order chi connectivity index (χ0) is 15.7. The summed E-state index contributed by atoms with van der Waals surface area (Å²) in [6.45, 7) is 9.01. The van der Waals surface area contributed by atoms with Crippen molar-refractivity contribution in [2.45, 2.75) is 89.9 Å². The molecule has 0 amide bonds. The van der Waals surface area contributed by atoms with Crippen LogP contribution in [0.2, 0.25) is 0 Å². The Hall–Kier alpha value is -0.490.